The summed E-state index contributed by atoms with van der Waals surface area (Å²) in [6.45, 7) is 0. The average molecular weight is 322 g/mol. The van der Waals surface area contributed by atoms with Crippen LogP contribution < -0.4 is 5.32 Å². The van der Waals surface area contributed by atoms with Crippen LogP contribution in [0, 0.1) is 0 Å². The van der Waals surface area contributed by atoms with Gasteiger partial charge in [-0.15, -0.1) is 0 Å². The Morgan fingerprint density at radius 2 is 1.95 bits per heavy atom. The van der Waals surface area contributed by atoms with Crippen LogP contribution in [0.2, 0.25) is 10.0 Å². The predicted molar refractivity (Wildman–Crippen MR) is 85.9 cm³/mol. The monoisotopic (exact) mass is 321 g/mol. The summed E-state index contributed by atoms with van der Waals surface area (Å²) in [5, 5.41) is 9.81. The summed E-state index contributed by atoms with van der Waals surface area (Å²) in [6, 6.07) is 6.70. The van der Waals surface area contributed by atoms with Gasteiger partial charge in [0.05, 0.1) is 17.4 Å². The van der Waals surface area contributed by atoms with E-state index in [0.717, 1.165) is 17.7 Å². The topological polar surface area (TPSA) is 29.9 Å². The average Bonchev–Trinajstić information content (AvgIpc) is 2.74. The van der Waals surface area contributed by atoms with Gasteiger partial charge in [-0.3, -0.25) is 4.68 Å². The molecule has 1 aromatic heterocycles. The molecule has 2 aliphatic heterocycles. The van der Waals surface area contributed by atoms with Gasteiger partial charge in [-0.25, -0.2) is 0 Å². The van der Waals surface area contributed by atoms with Crippen molar-refractivity contribution in [2.75, 3.05) is 0 Å². The molecule has 0 radical (unpaired) electrons. The van der Waals surface area contributed by atoms with E-state index in [0.29, 0.717) is 22.1 Å². The van der Waals surface area contributed by atoms with Gasteiger partial charge in [0, 0.05) is 34.3 Å². The van der Waals surface area contributed by atoms with Crippen LogP contribution in [0.15, 0.2) is 18.2 Å². The molecule has 2 bridgehead atoms. The van der Waals surface area contributed by atoms with Crippen LogP contribution in [0.3, 0.4) is 0 Å². The zero-order valence-electron chi connectivity index (χ0n) is 11.9. The Kier molecular flexibility index (Phi) is 3.25. The predicted octanol–water partition coefficient (Wildman–Crippen LogP) is 4.13. The third-order valence-electron chi connectivity index (χ3n) is 4.58. The summed E-state index contributed by atoms with van der Waals surface area (Å²) in [7, 11) is 2.01. The molecule has 1 saturated heterocycles. The van der Waals surface area contributed by atoms with Gasteiger partial charge in [0.2, 0.25) is 0 Å². The maximum atomic E-state index is 6.17. The smallest absolute Gasteiger partial charge is 0.0833 e. The number of fused-ring (bicyclic) bond motifs is 4. The number of hydrogen-bond donors (Lipinski definition) is 1. The second-order valence-electron chi connectivity index (χ2n) is 6.05. The number of hydrogen-bond acceptors (Lipinski definition) is 2. The Labute approximate surface area is 134 Å². The summed E-state index contributed by atoms with van der Waals surface area (Å²) >= 11 is 12.3. The Bertz CT molecular complexity index is 688. The highest BCUT2D eigenvalue weighted by atomic mass is 35.5. The van der Waals surface area contributed by atoms with E-state index < -0.39 is 0 Å². The number of nitrogens with zero attached hydrogens (tertiary/aromatic N) is 2. The molecule has 1 N–H and O–H groups in total. The SMILES string of the molecule is Cn1nc2c(c1-c1cc(Cl)cc(Cl)c1)C[C@H]1CCC[C@@H]2N1. The van der Waals surface area contributed by atoms with Gasteiger partial charge in [0.25, 0.3) is 0 Å². The van der Waals surface area contributed by atoms with Gasteiger partial charge in [-0.2, -0.15) is 5.10 Å². The molecule has 4 rings (SSSR count). The number of aromatic nitrogens is 2. The van der Waals surface area contributed by atoms with E-state index in [4.69, 9.17) is 28.3 Å². The number of piperidine rings is 1. The first-order valence-corrected chi connectivity index (χ1v) is 8.15. The van der Waals surface area contributed by atoms with Crippen molar-refractivity contribution in [3.8, 4) is 11.3 Å². The van der Waals surface area contributed by atoms with Crippen molar-refractivity contribution in [3.63, 3.8) is 0 Å². The molecule has 0 spiro atoms. The Hall–Kier alpha value is -1.03. The van der Waals surface area contributed by atoms with E-state index >= 15 is 0 Å². The van der Waals surface area contributed by atoms with Crippen molar-refractivity contribution in [2.24, 2.45) is 7.05 Å². The molecule has 0 aliphatic carbocycles. The van der Waals surface area contributed by atoms with Gasteiger partial charge in [-0.05, 0) is 43.9 Å². The van der Waals surface area contributed by atoms with Crippen molar-refractivity contribution in [3.05, 3.63) is 39.5 Å². The van der Waals surface area contributed by atoms with Crippen LogP contribution in [0.5, 0.6) is 0 Å². The highest BCUT2D eigenvalue weighted by Gasteiger charge is 2.34. The van der Waals surface area contributed by atoms with Crippen molar-refractivity contribution in [1.82, 2.24) is 15.1 Å². The molecule has 2 aromatic rings. The lowest BCUT2D eigenvalue weighted by Gasteiger charge is -2.35. The largest absolute Gasteiger partial charge is 0.305 e. The van der Waals surface area contributed by atoms with Crippen molar-refractivity contribution < 1.29 is 0 Å². The summed E-state index contributed by atoms with van der Waals surface area (Å²) in [5.74, 6) is 0. The first-order valence-electron chi connectivity index (χ1n) is 7.40. The lowest BCUT2D eigenvalue weighted by atomic mass is 9.84. The zero-order chi connectivity index (χ0) is 14.6. The fraction of sp³-hybridized carbons (Fsp3) is 0.438. The maximum Gasteiger partial charge on any atom is 0.0833 e. The van der Waals surface area contributed by atoms with Crippen LogP contribution in [0.4, 0.5) is 0 Å². The highest BCUT2D eigenvalue weighted by Crippen LogP contribution is 2.39. The Balaban J connectivity index is 1.88. The molecular weight excluding hydrogens is 305 g/mol. The van der Waals surface area contributed by atoms with Crippen LogP contribution in [0.1, 0.15) is 36.6 Å². The van der Waals surface area contributed by atoms with E-state index in [1.54, 1.807) is 6.07 Å². The molecule has 1 fully saturated rings. The van der Waals surface area contributed by atoms with E-state index in [1.165, 1.54) is 30.5 Å². The second-order valence-corrected chi connectivity index (χ2v) is 6.92. The minimum absolute atomic E-state index is 0.405. The Morgan fingerprint density at radius 3 is 2.71 bits per heavy atom. The first kappa shape index (κ1) is 13.6. The molecule has 21 heavy (non-hydrogen) atoms. The van der Waals surface area contributed by atoms with Gasteiger partial charge in [0.1, 0.15) is 0 Å². The van der Waals surface area contributed by atoms with Gasteiger partial charge in [0.15, 0.2) is 0 Å². The maximum absolute atomic E-state index is 6.17. The molecule has 0 saturated carbocycles. The summed E-state index contributed by atoms with van der Waals surface area (Å²) in [6.07, 6.45) is 4.76. The third-order valence-corrected chi connectivity index (χ3v) is 5.01. The molecule has 0 amide bonds. The van der Waals surface area contributed by atoms with Crippen molar-refractivity contribution in [1.29, 1.82) is 0 Å². The summed E-state index contributed by atoms with van der Waals surface area (Å²) < 4.78 is 1.98. The Morgan fingerprint density at radius 1 is 1.19 bits per heavy atom. The minimum atomic E-state index is 0.405. The number of benzene rings is 1. The molecule has 110 valence electrons. The highest BCUT2D eigenvalue weighted by molar-refractivity contribution is 6.35. The molecule has 3 nitrogen and oxygen atoms in total. The van der Waals surface area contributed by atoms with E-state index in [9.17, 15) is 0 Å². The van der Waals surface area contributed by atoms with Crippen LogP contribution in [-0.2, 0) is 13.5 Å². The molecule has 5 heteroatoms. The second kappa shape index (κ2) is 5.01. The number of halogens is 2. The molecule has 0 unspecified atom stereocenters. The minimum Gasteiger partial charge on any atom is -0.305 e. The van der Waals surface area contributed by atoms with E-state index in [2.05, 4.69) is 5.32 Å². The summed E-state index contributed by atoms with van der Waals surface area (Å²) in [4.78, 5) is 0. The van der Waals surface area contributed by atoms with Crippen molar-refractivity contribution in [2.45, 2.75) is 37.8 Å². The molecular formula is C16H17Cl2N3. The fourth-order valence-corrected chi connectivity index (χ4v) is 4.29. The molecule has 3 heterocycles. The normalized spacial score (nSPS) is 24.0. The zero-order valence-corrected chi connectivity index (χ0v) is 13.4. The van der Waals surface area contributed by atoms with Gasteiger partial charge in [-0.1, -0.05) is 23.2 Å². The third kappa shape index (κ3) is 2.28. The quantitative estimate of drug-likeness (QED) is 0.855. The van der Waals surface area contributed by atoms with Gasteiger partial charge >= 0.3 is 0 Å². The number of aryl methyl sites for hydroxylation is 1. The molecule has 1 aromatic carbocycles. The van der Waals surface area contributed by atoms with Crippen molar-refractivity contribution >= 4 is 23.2 Å². The van der Waals surface area contributed by atoms with Crippen LogP contribution in [0.25, 0.3) is 11.3 Å². The fourth-order valence-electron chi connectivity index (χ4n) is 3.76. The lowest BCUT2D eigenvalue weighted by molar-refractivity contribution is 0.297. The number of nitrogens with one attached hydrogen (secondary N) is 1. The lowest BCUT2D eigenvalue weighted by Crippen LogP contribution is -2.42. The molecule has 2 aliphatic rings. The first-order chi connectivity index (χ1) is 10.1. The van der Waals surface area contributed by atoms with E-state index in [-0.39, 0.29) is 0 Å². The molecule has 2 atom stereocenters. The summed E-state index contributed by atoms with van der Waals surface area (Å²) in [5.41, 5.74) is 4.79. The number of rotatable bonds is 1. The van der Waals surface area contributed by atoms with Crippen LogP contribution >= 0.6 is 23.2 Å². The standard InChI is InChI=1S/C16H17Cl2N3/c1-21-16(9-5-10(17)7-11(18)6-9)13-8-12-3-2-4-14(19-12)15(13)20-21/h5-7,12,14,19H,2-4,8H2,1H3/t12-,14+/m1/s1. The van der Waals surface area contributed by atoms with E-state index in [1.807, 2.05) is 23.9 Å². The van der Waals surface area contributed by atoms with Gasteiger partial charge < -0.3 is 5.32 Å². The van der Waals surface area contributed by atoms with Crippen LogP contribution in [-0.4, -0.2) is 15.8 Å².